The Balaban J connectivity index is 2.11. The highest BCUT2D eigenvalue weighted by molar-refractivity contribution is 5.69. The highest BCUT2D eigenvalue weighted by atomic mass is 16.5. The van der Waals surface area contributed by atoms with E-state index in [0.717, 1.165) is 18.4 Å². The van der Waals surface area contributed by atoms with Crippen LogP contribution in [-0.2, 0) is 16.0 Å². The monoisotopic (exact) mass is 182 g/mol. The summed E-state index contributed by atoms with van der Waals surface area (Å²) < 4.78 is 4.98. The predicted molar refractivity (Wildman–Crippen MR) is 48.2 cm³/mol. The second kappa shape index (κ2) is 5.35. The Morgan fingerprint density at radius 1 is 1.69 bits per heavy atom. The predicted octanol–water partition coefficient (Wildman–Crippen LogP) is 1.30. The number of carbonyl (C=O) groups is 1. The summed E-state index contributed by atoms with van der Waals surface area (Å²) in [5.41, 5.74) is 1.06. The molecule has 1 N–H and O–H groups in total. The minimum Gasteiger partial charge on any atom is -0.465 e. The maximum Gasteiger partial charge on any atom is 0.305 e. The van der Waals surface area contributed by atoms with Gasteiger partial charge in [0.25, 0.3) is 0 Å². The van der Waals surface area contributed by atoms with Crippen LogP contribution in [0.3, 0.4) is 0 Å². The Morgan fingerprint density at radius 2 is 2.54 bits per heavy atom. The van der Waals surface area contributed by atoms with Crippen molar-refractivity contribution in [3.8, 4) is 0 Å². The van der Waals surface area contributed by atoms with Crippen molar-refractivity contribution in [3.05, 3.63) is 18.0 Å². The molecular formula is C9H14N2O2. The zero-order chi connectivity index (χ0) is 9.52. The quantitative estimate of drug-likeness (QED) is 0.698. The maximum atomic E-state index is 10.9. The third kappa shape index (κ3) is 3.73. The van der Waals surface area contributed by atoms with Gasteiger partial charge in [0.05, 0.1) is 12.8 Å². The topological polar surface area (TPSA) is 55.0 Å². The van der Waals surface area contributed by atoms with E-state index < -0.39 is 0 Å². The van der Waals surface area contributed by atoms with Crippen molar-refractivity contribution in [1.82, 2.24) is 10.2 Å². The molecule has 0 bridgehead atoms. The van der Waals surface area contributed by atoms with E-state index in [1.807, 2.05) is 6.92 Å². The van der Waals surface area contributed by atoms with Gasteiger partial charge in [-0.25, -0.2) is 0 Å². The molecule has 1 aromatic heterocycles. The molecule has 0 aromatic carbocycles. The van der Waals surface area contributed by atoms with Crippen molar-refractivity contribution in [3.63, 3.8) is 0 Å². The molecule has 0 atom stereocenters. The van der Waals surface area contributed by atoms with Gasteiger partial charge >= 0.3 is 5.97 Å². The Morgan fingerprint density at radius 3 is 3.15 bits per heavy atom. The second-order valence-corrected chi connectivity index (χ2v) is 2.83. The number of ether oxygens (including phenoxy) is 1. The Kier molecular flexibility index (Phi) is 4.02. The molecular weight excluding hydrogens is 168 g/mol. The van der Waals surface area contributed by atoms with E-state index in [1.165, 1.54) is 0 Å². The largest absolute Gasteiger partial charge is 0.465 e. The number of aromatic amines is 1. The van der Waals surface area contributed by atoms with Crippen LogP contribution < -0.4 is 0 Å². The second-order valence-electron chi connectivity index (χ2n) is 2.83. The van der Waals surface area contributed by atoms with E-state index >= 15 is 0 Å². The number of nitrogens with one attached hydrogen (secondary N) is 1. The average molecular weight is 182 g/mol. The van der Waals surface area contributed by atoms with Crippen LogP contribution in [0.4, 0.5) is 0 Å². The molecule has 0 fully saturated rings. The Labute approximate surface area is 77.3 Å². The summed E-state index contributed by atoms with van der Waals surface area (Å²) in [6.45, 7) is 2.40. The van der Waals surface area contributed by atoms with Crippen molar-refractivity contribution in [2.45, 2.75) is 26.2 Å². The molecule has 0 aliphatic heterocycles. The van der Waals surface area contributed by atoms with E-state index in [2.05, 4.69) is 10.2 Å². The fourth-order valence-electron chi connectivity index (χ4n) is 0.973. The van der Waals surface area contributed by atoms with Crippen LogP contribution in [0, 0.1) is 0 Å². The van der Waals surface area contributed by atoms with Crippen LogP contribution in [0.1, 0.15) is 25.3 Å². The summed E-state index contributed by atoms with van der Waals surface area (Å²) in [5, 5.41) is 6.49. The summed E-state index contributed by atoms with van der Waals surface area (Å²) >= 11 is 0. The van der Waals surface area contributed by atoms with E-state index in [9.17, 15) is 4.79 Å². The highest BCUT2D eigenvalue weighted by Crippen LogP contribution is 1.97. The molecule has 13 heavy (non-hydrogen) atoms. The van der Waals surface area contributed by atoms with Gasteiger partial charge < -0.3 is 4.74 Å². The Hall–Kier alpha value is -1.32. The van der Waals surface area contributed by atoms with Gasteiger partial charge in [0.1, 0.15) is 0 Å². The molecule has 0 spiro atoms. The fourth-order valence-corrected chi connectivity index (χ4v) is 0.973. The molecule has 0 radical (unpaired) electrons. The van der Waals surface area contributed by atoms with Gasteiger partial charge in [-0.15, -0.1) is 0 Å². The van der Waals surface area contributed by atoms with Crippen LogP contribution in [0.2, 0.25) is 0 Å². The molecule has 4 heteroatoms. The van der Waals surface area contributed by atoms with Crippen LogP contribution in [0.15, 0.2) is 12.4 Å². The van der Waals surface area contributed by atoms with Crippen molar-refractivity contribution < 1.29 is 9.53 Å². The number of hydrogen-bond donors (Lipinski definition) is 1. The van der Waals surface area contributed by atoms with E-state index in [0.29, 0.717) is 13.0 Å². The number of aromatic nitrogens is 2. The zero-order valence-electron chi connectivity index (χ0n) is 7.75. The lowest BCUT2D eigenvalue weighted by molar-refractivity contribution is -0.143. The standard InChI is InChI=1S/C9H14N2O2/c1-2-3-9(12)13-5-4-8-6-10-11-7-8/h6-7H,2-5H2,1H3,(H,10,11). The third-order valence-corrected chi connectivity index (χ3v) is 1.66. The van der Waals surface area contributed by atoms with Gasteiger partial charge in [-0.05, 0) is 12.0 Å². The summed E-state index contributed by atoms with van der Waals surface area (Å²) in [6, 6.07) is 0. The van der Waals surface area contributed by atoms with Crippen LogP contribution in [-0.4, -0.2) is 22.8 Å². The van der Waals surface area contributed by atoms with Crippen molar-refractivity contribution in [1.29, 1.82) is 0 Å². The molecule has 1 aromatic rings. The molecule has 4 nitrogen and oxygen atoms in total. The van der Waals surface area contributed by atoms with Gasteiger partial charge in [-0.2, -0.15) is 5.10 Å². The molecule has 0 saturated carbocycles. The van der Waals surface area contributed by atoms with E-state index in [1.54, 1.807) is 12.4 Å². The highest BCUT2D eigenvalue weighted by Gasteiger charge is 2.00. The number of nitrogens with zero attached hydrogens (tertiary/aromatic N) is 1. The summed E-state index contributed by atoms with van der Waals surface area (Å²) in [6.07, 6.45) is 5.60. The van der Waals surface area contributed by atoms with Crippen LogP contribution in [0.5, 0.6) is 0 Å². The summed E-state index contributed by atoms with van der Waals surface area (Å²) in [7, 11) is 0. The molecule has 0 aliphatic carbocycles. The summed E-state index contributed by atoms with van der Waals surface area (Å²) in [4.78, 5) is 10.9. The molecule has 0 amide bonds. The van der Waals surface area contributed by atoms with Crippen molar-refractivity contribution in [2.75, 3.05) is 6.61 Å². The molecule has 0 aliphatic rings. The smallest absolute Gasteiger partial charge is 0.305 e. The number of carbonyl (C=O) groups excluding carboxylic acids is 1. The molecule has 0 saturated heterocycles. The number of esters is 1. The average Bonchev–Trinajstić information content (AvgIpc) is 2.57. The minimum absolute atomic E-state index is 0.119. The van der Waals surface area contributed by atoms with Crippen molar-refractivity contribution >= 4 is 5.97 Å². The van der Waals surface area contributed by atoms with Gasteiger partial charge in [0, 0.05) is 19.0 Å². The van der Waals surface area contributed by atoms with Gasteiger partial charge in [0.15, 0.2) is 0 Å². The fraction of sp³-hybridized carbons (Fsp3) is 0.556. The molecule has 72 valence electrons. The van der Waals surface area contributed by atoms with E-state index in [-0.39, 0.29) is 5.97 Å². The normalized spacial score (nSPS) is 9.92. The third-order valence-electron chi connectivity index (χ3n) is 1.66. The minimum atomic E-state index is -0.119. The van der Waals surface area contributed by atoms with Gasteiger partial charge in [0.2, 0.25) is 0 Å². The first-order valence-corrected chi connectivity index (χ1v) is 4.46. The Bertz CT molecular complexity index is 244. The molecule has 1 rings (SSSR count). The lowest BCUT2D eigenvalue weighted by atomic mass is 10.3. The van der Waals surface area contributed by atoms with Gasteiger partial charge in [-0.1, -0.05) is 6.92 Å². The first kappa shape index (κ1) is 9.77. The van der Waals surface area contributed by atoms with Crippen molar-refractivity contribution in [2.24, 2.45) is 0 Å². The van der Waals surface area contributed by atoms with E-state index in [4.69, 9.17) is 4.74 Å². The van der Waals surface area contributed by atoms with Crippen LogP contribution in [0.25, 0.3) is 0 Å². The SMILES string of the molecule is CCCC(=O)OCCc1cn[nH]c1. The van der Waals surface area contributed by atoms with Crippen LogP contribution >= 0.6 is 0 Å². The van der Waals surface area contributed by atoms with Gasteiger partial charge in [-0.3, -0.25) is 9.89 Å². The number of rotatable bonds is 5. The number of hydrogen-bond acceptors (Lipinski definition) is 3. The molecule has 1 heterocycles. The first-order valence-electron chi connectivity index (χ1n) is 4.46. The molecule has 0 unspecified atom stereocenters. The number of H-pyrrole nitrogens is 1. The summed E-state index contributed by atoms with van der Waals surface area (Å²) in [5.74, 6) is -0.119. The maximum absolute atomic E-state index is 10.9. The lowest BCUT2D eigenvalue weighted by Gasteiger charge is -2.01. The zero-order valence-corrected chi connectivity index (χ0v) is 7.75. The lowest BCUT2D eigenvalue weighted by Crippen LogP contribution is -2.06. The first-order chi connectivity index (χ1) is 6.33.